The number of para-hydroxylation sites is 1. The first-order chi connectivity index (χ1) is 8.28. The molecular weight excluding hydrogens is 337 g/mol. The van der Waals surface area contributed by atoms with Crippen LogP contribution < -0.4 is 11.1 Å². The van der Waals surface area contributed by atoms with Gasteiger partial charge >= 0.3 is 0 Å². The molecule has 1 aromatic rings. The number of nitrogens with zero attached hydrogens (tertiary/aromatic N) is 1. The van der Waals surface area contributed by atoms with E-state index in [1.807, 2.05) is 30.3 Å². The zero-order chi connectivity index (χ0) is 11.7. The molecule has 3 rings (SSSR count). The third-order valence-corrected chi connectivity index (χ3v) is 3.95. The molecule has 0 bridgehead atoms. The monoisotopic (exact) mass is 357 g/mol. The highest BCUT2D eigenvalue weighted by molar-refractivity contribution is 14.0. The van der Waals surface area contributed by atoms with Crippen LogP contribution in [0.4, 0.5) is 5.69 Å². The van der Waals surface area contributed by atoms with E-state index in [2.05, 4.69) is 10.3 Å². The van der Waals surface area contributed by atoms with Crippen LogP contribution in [0.15, 0.2) is 35.3 Å². The fourth-order valence-corrected chi connectivity index (χ4v) is 2.50. The number of hydrogen-bond donors (Lipinski definition) is 2. The van der Waals surface area contributed by atoms with Crippen LogP contribution >= 0.6 is 24.0 Å². The van der Waals surface area contributed by atoms with Crippen molar-refractivity contribution in [2.45, 2.75) is 25.7 Å². The van der Waals surface area contributed by atoms with Gasteiger partial charge in [-0.05, 0) is 49.1 Å². The van der Waals surface area contributed by atoms with Crippen molar-refractivity contribution in [3.05, 3.63) is 30.3 Å². The number of rotatable bonds is 4. The Morgan fingerprint density at radius 3 is 2.50 bits per heavy atom. The van der Waals surface area contributed by atoms with Crippen LogP contribution in [0.5, 0.6) is 0 Å². The number of anilines is 1. The van der Waals surface area contributed by atoms with E-state index in [0.29, 0.717) is 11.4 Å². The molecule has 3 N–H and O–H groups in total. The van der Waals surface area contributed by atoms with E-state index < -0.39 is 0 Å². The molecule has 2 aliphatic carbocycles. The third kappa shape index (κ3) is 3.16. The maximum atomic E-state index is 5.90. The predicted octanol–water partition coefficient (Wildman–Crippen LogP) is 3.22. The summed E-state index contributed by atoms with van der Waals surface area (Å²) >= 11 is 0. The van der Waals surface area contributed by atoms with E-state index in [9.17, 15) is 0 Å². The van der Waals surface area contributed by atoms with Gasteiger partial charge in [-0.1, -0.05) is 18.2 Å². The van der Waals surface area contributed by atoms with E-state index in [1.165, 1.54) is 25.7 Å². The standard InChI is InChI=1S/C14H19N3.HI/c15-13(17-12-4-2-1-3-5-12)16-10-14(8-9-14)11-6-7-11;/h1-5,11H,6-10H2,(H3,15,16,17);1H. The van der Waals surface area contributed by atoms with Gasteiger partial charge in [-0.25, -0.2) is 0 Å². The Kier molecular flexibility index (Phi) is 4.14. The van der Waals surface area contributed by atoms with Gasteiger partial charge in [0, 0.05) is 12.2 Å². The van der Waals surface area contributed by atoms with Gasteiger partial charge in [-0.15, -0.1) is 24.0 Å². The Hall–Kier alpha value is -0.780. The number of aliphatic imine (C=N–C) groups is 1. The molecule has 0 spiro atoms. The summed E-state index contributed by atoms with van der Waals surface area (Å²) < 4.78 is 0. The molecule has 0 aliphatic heterocycles. The SMILES string of the molecule is I.NC(=NCC1(C2CC2)CC1)Nc1ccccc1. The zero-order valence-electron chi connectivity index (χ0n) is 10.4. The fourth-order valence-electron chi connectivity index (χ4n) is 2.50. The Bertz CT molecular complexity index is 422. The van der Waals surface area contributed by atoms with Crippen molar-refractivity contribution in [2.75, 3.05) is 11.9 Å². The number of guanidine groups is 1. The van der Waals surface area contributed by atoms with Gasteiger partial charge in [0.25, 0.3) is 0 Å². The quantitative estimate of drug-likeness (QED) is 0.494. The highest BCUT2D eigenvalue weighted by Crippen LogP contribution is 2.61. The summed E-state index contributed by atoms with van der Waals surface area (Å²) in [6.45, 7) is 0.906. The lowest BCUT2D eigenvalue weighted by molar-refractivity contribution is 0.454. The van der Waals surface area contributed by atoms with E-state index in [-0.39, 0.29) is 24.0 Å². The number of nitrogens with one attached hydrogen (secondary N) is 1. The Morgan fingerprint density at radius 2 is 1.94 bits per heavy atom. The second-order valence-corrected chi connectivity index (χ2v) is 5.33. The molecule has 0 aromatic heterocycles. The first-order valence-electron chi connectivity index (χ1n) is 6.41. The van der Waals surface area contributed by atoms with Crippen molar-refractivity contribution in [1.82, 2.24) is 0 Å². The van der Waals surface area contributed by atoms with Crippen LogP contribution in [0, 0.1) is 11.3 Å². The second-order valence-electron chi connectivity index (χ2n) is 5.33. The maximum absolute atomic E-state index is 5.90. The average Bonchev–Trinajstić information content (AvgIpc) is 3.20. The van der Waals surface area contributed by atoms with Gasteiger partial charge in [0.15, 0.2) is 5.96 Å². The summed E-state index contributed by atoms with van der Waals surface area (Å²) in [6, 6.07) is 9.96. The van der Waals surface area contributed by atoms with Crippen molar-refractivity contribution in [2.24, 2.45) is 22.1 Å². The summed E-state index contributed by atoms with van der Waals surface area (Å²) in [4.78, 5) is 4.50. The smallest absolute Gasteiger partial charge is 0.193 e. The lowest BCUT2D eigenvalue weighted by atomic mass is 10.0. The molecule has 98 valence electrons. The lowest BCUT2D eigenvalue weighted by Crippen LogP contribution is -2.24. The summed E-state index contributed by atoms with van der Waals surface area (Å²) in [6.07, 6.45) is 5.50. The van der Waals surface area contributed by atoms with Crippen LogP contribution in [-0.4, -0.2) is 12.5 Å². The molecule has 1 aromatic carbocycles. The van der Waals surface area contributed by atoms with Gasteiger partial charge in [-0.2, -0.15) is 0 Å². The maximum Gasteiger partial charge on any atom is 0.193 e. The lowest BCUT2D eigenvalue weighted by Gasteiger charge is -2.11. The summed E-state index contributed by atoms with van der Waals surface area (Å²) in [5, 5.41) is 3.13. The molecule has 4 heteroatoms. The number of benzene rings is 1. The van der Waals surface area contributed by atoms with E-state index in [0.717, 1.165) is 18.2 Å². The van der Waals surface area contributed by atoms with Crippen LogP contribution in [0.1, 0.15) is 25.7 Å². The van der Waals surface area contributed by atoms with Crippen molar-refractivity contribution >= 4 is 35.6 Å². The van der Waals surface area contributed by atoms with E-state index in [4.69, 9.17) is 5.73 Å². The van der Waals surface area contributed by atoms with E-state index >= 15 is 0 Å². The highest BCUT2D eigenvalue weighted by Gasteiger charge is 2.53. The van der Waals surface area contributed by atoms with Crippen LogP contribution in [-0.2, 0) is 0 Å². The van der Waals surface area contributed by atoms with Gasteiger partial charge in [0.2, 0.25) is 0 Å². The molecular formula is C14H20IN3. The topological polar surface area (TPSA) is 50.4 Å². The Morgan fingerprint density at radius 1 is 1.28 bits per heavy atom. The highest BCUT2D eigenvalue weighted by atomic mass is 127. The van der Waals surface area contributed by atoms with Crippen molar-refractivity contribution in [3.8, 4) is 0 Å². The van der Waals surface area contributed by atoms with Crippen molar-refractivity contribution < 1.29 is 0 Å². The normalized spacial score (nSPS) is 21.0. The number of hydrogen-bond acceptors (Lipinski definition) is 1. The molecule has 2 saturated carbocycles. The molecule has 0 radical (unpaired) electrons. The molecule has 0 saturated heterocycles. The Labute approximate surface area is 125 Å². The van der Waals surface area contributed by atoms with Crippen molar-refractivity contribution in [1.29, 1.82) is 0 Å². The fraction of sp³-hybridized carbons (Fsp3) is 0.500. The minimum absolute atomic E-state index is 0. The molecule has 0 unspecified atom stereocenters. The summed E-state index contributed by atoms with van der Waals surface area (Å²) in [5.41, 5.74) is 7.44. The van der Waals surface area contributed by atoms with Crippen LogP contribution in [0.2, 0.25) is 0 Å². The molecule has 2 aliphatic rings. The molecule has 0 atom stereocenters. The molecule has 0 heterocycles. The molecule has 3 nitrogen and oxygen atoms in total. The number of nitrogens with two attached hydrogens (primary N) is 1. The van der Waals surface area contributed by atoms with Gasteiger partial charge in [-0.3, -0.25) is 4.99 Å². The number of halogens is 1. The summed E-state index contributed by atoms with van der Waals surface area (Å²) in [5.74, 6) is 1.49. The minimum Gasteiger partial charge on any atom is -0.370 e. The first-order valence-corrected chi connectivity index (χ1v) is 6.41. The van der Waals surface area contributed by atoms with Gasteiger partial charge < -0.3 is 11.1 Å². The van der Waals surface area contributed by atoms with Crippen LogP contribution in [0.3, 0.4) is 0 Å². The average molecular weight is 357 g/mol. The third-order valence-electron chi connectivity index (χ3n) is 3.95. The predicted molar refractivity (Wildman–Crippen MR) is 86.4 cm³/mol. The zero-order valence-corrected chi connectivity index (χ0v) is 12.8. The largest absolute Gasteiger partial charge is 0.370 e. The minimum atomic E-state index is 0. The first kappa shape index (κ1) is 13.6. The Balaban J connectivity index is 0.00000120. The molecule has 2 fully saturated rings. The van der Waals surface area contributed by atoms with Crippen molar-refractivity contribution in [3.63, 3.8) is 0 Å². The second kappa shape index (κ2) is 5.47. The summed E-state index contributed by atoms with van der Waals surface area (Å²) in [7, 11) is 0. The molecule has 0 amide bonds. The van der Waals surface area contributed by atoms with Crippen LogP contribution in [0.25, 0.3) is 0 Å². The molecule has 18 heavy (non-hydrogen) atoms. The van der Waals surface area contributed by atoms with Gasteiger partial charge in [0.1, 0.15) is 0 Å². The van der Waals surface area contributed by atoms with Gasteiger partial charge in [0.05, 0.1) is 0 Å². The van der Waals surface area contributed by atoms with E-state index in [1.54, 1.807) is 0 Å².